The van der Waals surface area contributed by atoms with Crippen LogP contribution in [0.3, 0.4) is 0 Å². The summed E-state index contributed by atoms with van der Waals surface area (Å²) in [6, 6.07) is 3.82. The van der Waals surface area contributed by atoms with Gasteiger partial charge in [0, 0.05) is 12.4 Å². The molecule has 2 heterocycles. The Morgan fingerprint density at radius 2 is 2.36 bits per heavy atom. The van der Waals surface area contributed by atoms with Crippen molar-refractivity contribution in [3.8, 4) is 0 Å². The Bertz CT molecular complexity index is 315. The summed E-state index contributed by atoms with van der Waals surface area (Å²) in [6.45, 7) is 0. The van der Waals surface area contributed by atoms with Gasteiger partial charge in [0.2, 0.25) is 0 Å². The zero-order chi connectivity index (χ0) is 7.52. The summed E-state index contributed by atoms with van der Waals surface area (Å²) >= 11 is 0. The Hall–Kier alpha value is -1.64. The molecule has 1 N–H and O–H groups in total. The average Bonchev–Trinajstić information content (AvgIpc) is 2.28. The van der Waals surface area contributed by atoms with E-state index in [1.54, 1.807) is 12.4 Å². The van der Waals surface area contributed by atoms with Crippen LogP contribution in [-0.2, 0) is 0 Å². The van der Waals surface area contributed by atoms with Crippen LogP contribution >= 0.6 is 0 Å². The third kappa shape index (κ3) is 1.12. The minimum Gasteiger partial charge on any atom is -0.276 e. The molecule has 0 aliphatic carbocycles. The largest absolute Gasteiger partial charge is 0.276 e. The molecule has 1 aliphatic rings. The fourth-order valence-corrected chi connectivity index (χ4v) is 0.929. The first kappa shape index (κ1) is 6.09. The molecule has 1 aromatic rings. The smallest absolute Gasteiger partial charge is 0.0880 e. The molecule has 0 amide bonds. The highest BCUT2D eigenvalue weighted by Crippen LogP contribution is 2.14. The van der Waals surface area contributed by atoms with E-state index in [0.717, 1.165) is 11.4 Å². The van der Waals surface area contributed by atoms with Crippen molar-refractivity contribution in [1.82, 2.24) is 4.98 Å². The normalized spacial score (nSPS) is 13.5. The molecule has 0 saturated heterocycles. The number of fused-ring (bicyclic) bond motifs is 1. The first-order chi connectivity index (χ1) is 5.47. The topological polar surface area (TPSA) is 37.3 Å². The lowest BCUT2D eigenvalue weighted by atomic mass is 10.3. The highest BCUT2D eigenvalue weighted by molar-refractivity contribution is 5.82. The summed E-state index contributed by atoms with van der Waals surface area (Å²) in [5, 5.41) is 3.91. The number of hydrogen-bond acceptors (Lipinski definition) is 3. The highest BCUT2D eigenvalue weighted by Gasteiger charge is 1.98. The number of anilines is 1. The third-order valence-electron chi connectivity index (χ3n) is 1.44. The van der Waals surface area contributed by atoms with Crippen LogP contribution in [0.25, 0.3) is 6.08 Å². The van der Waals surface area contributed by atoms with Crippen molar-refractivity contribution < 1.29 is 0 Å². The SMILES string of the molecule is C1=Cc2ncccc2NN=C1. The van der Waals surface area contributed by atoms with Crippen molar-refractivity contribution >= 4 is 18.0 Å². The van der Waals surface area contributed by atoms with E-state index in [4.69, 9.17) is 0 Å². The van der Waals surface area contributed by atoms with E-state index in [-0.39, 0.29) is 0 Å². The van der Waals surface area contributed by atoms with Gasteiger partial charge in [-0.3, -0.25) is 10.4 Å². The van der Waals surface area contributed by atoms with Crippen molar-refractivity contribution in [3.05, 3.63) is 30.1 Å². The van der Waals surface area contributed by atoms with Gasteiger partial charge in [-0.05, 0) is 24.3 Å². The maximum atomic E-state index is 4.15. The van der Waals surface area contributed by atoms with Crippen LogP contribution in [0.4, 0.5) is 5.69 Å². The number of hydrogen-bond donors (Lipinski definition) is 1. The molecular formula is C8H7N3. The first-order valence-corrected chi connectivity index (χ1v) is 3.37. The molecule has 54 valence electrons. The van der Waals surface area contributed by atoms with Crippen molar-refractivity contribution in [2.24, 2.45) is 5.10 Å². The quantitative estimate of drug-likeness (QED) is 0.600. The summed E-state index contributed by atoms with van der Waals surface area (Å²) in [5.74, 6) is 0. The molecule has 3 nitrogen and oxygen atoms in total. The van der Waals surface area contributed by atoms with Gasteiger partial charge < -0.3 is 0 Å². The van der Waals surface area contributed by atoms with E-state index >= 15 is 0 Å². The lowest BCUT2D eigenvalue weighted by molar-refractivity contribution is 1.26. The molecule has 0 aromatic carbocycles. The molecule has 1 aromatic heterocycles. The molecule has 0 unspecified atom stereocenters. The maximum absolute atomic E-state index is 4.15. The molecule has 0 spiro atoms. The molecule has 0 radical (unpaired) electrons. The van der Waals surface area contributed by atoms with Gasteiger partial charge in [-0.2, -0.15) is 5.10 Å². The zero-order valence-corrected chi connectivity index (χ0v) is 5.86. The molecule has 1 aliphatic heterocycles. The maximum Gasteiger partial charge on any atom is 0.0880 e. The Labute approximate surface area is 64.5 Å². The summed E-state index contributed by atoms with van der Waals surface area (Å²) in [6.07, 6.45) is 7.22. The number of allylic oxidation sites excluding steroid dienone is 1. The molecule has 2 rings (SSSR count). The van der Waals surface area contributed by atoms with Crippen molar-refractivity contribution in [2.75, 3.05) is 5.43 Å². The van der Waals surface area contributed by atoms with E-state index in [9.17, 15) is 0 Å². The van der Waals surface area contributed by atoms with E-state index in [2.05, 4.69) is 15.5 Å². The van der Waals surface area contributed by atoms with Crippen molar-refractivity contribution in [3.63, 3.8) is 0 Å². The second kappa shape index (κ2) is 2.54. The molecule has 11 heavy (non-hydrogen) atoms. The number of nitrogens with one attached hydrogen (secondary N) is 1. The standard InChI is InChI=1S/C8H7N3/c1-4-8-7(9-5-1)3-2-6-10-11-8/h1-6,11H. The average molecular weight is 145 g/mol. The molecule has 0 bridgehead atoms. The molecule has 0 saturated carbocycles. The van der Waals surface area contributed by atoms with Gasteiger partial charge >= 0.3 is 0 Å². The lowest BCUT2D eigenvalue weighted by Gasteiger charge is -1.99. The van der Waals surface area contributed by atoms with Crippen LogP contribution in [0.1, 0.15) is 5.69 Å². The summed E-state index contributed by atoms with van der Waals surface area (Å²) in [7, 11) is 0. The van der Waals surface area contributed by atoms with Gasteiger partial charge in [-0.25, -0.2) is 0 Å². The lowest BCUT2D eigenvalue weighted by Crippen LogP contribution is -1.90. The van der Waals surface area contributed by atoms with Crippen LogP contribution in [-0.4, -0.2) is 11.2 Å². The van der Waals surface area contributed by atoms with Crippen LogP contribution in [0.2, 0.25) is 0 Å². The van der Waals surface area contributed by atoms with Crippen LogP contribution < -0.4 is 5.43 Å². The van der Waals surface area contributed by atoms with Crippen molar-refractivity contribution in [1.29, 1.82) is 0 Å². The number of nitrogens with zero attached hydrogens (tertiary/aromatic N) is 2. The van der Waals surface area contributed by atoms with Crippen LogP contribution in [0.15, 0.2) is 29.5 Å². The molecule has 0 atom stereocenters. The van der Waals surface area contributed by atoms with Crippen LogP contribution in [0.5, 0.6) is 0 Å². The fraction of sp³-hybridized carbons (Fsp3) is 0. The van der Waals surface area contributed by atoms with E-state index in [1.807, 2.05) is 24.3 Å². The summed E-state index contributed by atoms with van der Waals surface area (Å²) < 4.78 is 0. The Balaban J connectivity index is 2.52. The predicted molar refractivity (Wildman–Crippen MR) is 45.4 cm³/mol. The van der Waals surface area contributed by atoms with Gasteiger partial charge in [-0.1, -0.05) is 0 Å². The first-order valence-electron chi connectivity index (χ1n) is 3.37. The van der Waals surface area contributed by atoms with Gasteiger partial charge in [-0.15, -0.1) is 0 Å². The second-order valence-corrected chi connectivity index (χ2v) is 2.19. The Kier molecular flexibility index (Phi) is 1.41. The minimum absolute atomic E-state index is 0.921. The molecular weight excluding hydrogens is 138 g/mol. The highest BCUT2D eigenvalue weighted by atomic mass is 15.3. The van der Waals surface area contributed by atoms with E-state index in [0.29, 0.717) is 0 Å². The number of pyridine rings is 1. The molecule has 3 heteroatoms. The summed E-state index contributed by atoms with van der Waals surface area (Å²) in [4.78, 5) is 4.15. The molecule has 0 fully saturated rings. The van der Waals surface area contributed by atoms with E-state index in [1.165, 1.54) is 0 Å². The monoisotopic (exact) mass is 145 g/mol. The Morgan fingerprint density at radius 1 is 1.36 bits per heavy atom. The number of rotatable bonds is 0. The van der Waals surface area contributed by atoms with E-state index < -0.39 is 0 Å². The van der Waals surface area contributed by atoms with Gasteiger partial charge in [0.25, 0.3) is 0 Å². The summed E-state index contributed by atoms with van der Waals surface area (Å²) in [5.41, 5.74) is 4.73. The predicted octanol–water partition coefficient (Wildman–Crippen LogP) is 1.51. The number of aromatic nitrogens is 1. The minimum atomic E-state index is 0.921. The van der Waals surface area contributed by atoms with Crippen LogP contribution in [0, 0.1) is 0 Å². The Morgan fingerprint density at radius 3 is 3.36 bits per heavy atom. The van der Waals surface area contributed by atoms with Gasteiger partial charge in [0.05, 0.1) is 11.4 Å². The number of hydrazone groups is 1. The van der Waals surface area contributed by atoms with Gasteiger partial charge in [0.15, 0.2) is 0 Å². The van der Waals surface area contributed by atoms with Gasteiger partial charge in [0.1, 0.15) is 0 Å². The zero-order valence-electron chi connectivity index (χ0n) is 5.86. The third-order valence-corrected chi connectivity index (χ3v) is 1.44. The van der Waals surface area contributed by atoms with Crippen molar-refractivity contribution in [2.45, 2.75) is 0 Å². The second-order valence-electron chi connectivity index (χ2n) is 2.19. The fourth-order valence-electron chi connectivity index (χ4n) is 0.929.